The van der Waals surface area contributed by atoms with Crippen LogP contribution in [0.5, 0.6) is 0 Å². The normalized spacial score (nSPS) is 10.6. The second-order valence-corrected chi connectivity index (χ2v) is 4.97. The fourth-order valence-corrected chi connectivity index (χ4v) is 1.63. The van der Waals surface area contributed by atoms with Crippen LogP contribution in [0.15, 0.2) is 0 Å². The lowest BCUT2D eigenvalue weighted by atomic mass is 10.6. The maximum absolute atomic E-state index is 11.0. The number of hydrogen-bond donors (Lipinski definition) is 0. The molecule has 0 bridgehead atoms. The standard InChI is InChI=1S/C6H14OS.CH4/c1-5(2)8(7)6(3)4;/h5-6H,1-4H3;1H4. The van der Waals surface area contributed by atoms with Gasteiger partial charge in [-0.1, -0.05) is 35.1 Å². The largest absolute Gasteiger partial charge is 0.259 e. The summed E-state index contributed by atoms with van der Waals surface area (Å²) in [5, 5.41) is 0.630. The lowest BCUT2D eigenvalue weighted by molar-refractivity contribution is 0.670. The summed E-state index contributed by atoms with van der Waals surface area (Å²) in [5.41, 5.74) is 0. The molecule has 0 unspecified atom stereocenters. The van der Waals surface area contributed by atoms with E-state index in [9.17, 15) is 4.21 Å². The average Bonchev–Trinajstić information content (AvgIpc) is 1.64. The fourth-order valence-electron chi connectivity index (χ4n) is 0.544. The monoisotopic (exact) mass is 150 g/mol. The van der Waals surface area contributed by atoms with Gasteiger partial charge in [0.2, 0.25) is 0 Å². The Labute approximate surface area is 61.3 Å². The molecule has 0 aliphatic carbocycles. The Morgan fingerprint density at radius 2 is 1.22 bits per heavy atom. The SMILES string of the molecule is C.CC(C)S(=O)C(C)C. The first kappa shape index (κ1) is 11.9. The zero-order valence-electron chi connectivity index (χ0n) is 5.97. The highest BCUT2D eigenvalue weighted by Gasteiger charge is 2.07. The van der Waals surface area contributed by atoms with Crippen molar-refractivity contribution in [2.75, 3.05) is 0 Å². The molecule has 0 aliphatic heterocycles. The first-order valence-corrected chi connectivity index (χ1v) is 4.22. The molecule has 0 aromatic rings. The summed E-state index contributed by atoms with van der Waals surface area (Å²) >= 11 is 0. The maximum Gasteiger partial charge on any atom is 0.0294 e. The van der Waals surface area contributed by atoms with Crippen molar-refractivity contribution in [2.45, 2.75) is 45.6 Å². The van der Waals surface area contributed by atoms with Crippen molar-refractivity contribution in [3.8, 4) is 0 Å². The van der Waals surface area contributed by atoms with Crippen molar-refractivity contribution in [3.05, 3.63) is 0 Å². The topological polar surface area (TPSA) is 17.1 Å². The fraction of sp³-hybridized carbons (Fsp3) is 1.00. The Bertz CT molecular complexity index is 76.9. The molecule has 0 saturated carbocycles. The molecule has 0 rings (SSSR count). The Morgan fingerprint density at radius 3 is 1.22 bits per heavy atom. The van der Waals surface area contributed by atoms with E-state index in [4.69, 9.17) is 0 Å². The van der Waals surface area contributed by atoms with E-state index in [1.54, 1.807) is 0 Å². The van der Waals surface area contributed by atoms with Crippen LogP contribution in [0.4, 0.5) is 0 Å². The molecule has 0 aliphatic rings. The molecule has 9 heavy (non-hydrogen) atoms. The molecule has 0 aromatic carbocycles. The van der Waals surface area contributed by atoms with Gasteiger partial charge in [-0.05, 0) is 0 Å². The highest BCUT2D eigenvalue weighted by atomic mass is 32.2. The van der Waals surface area contributed by atoms with Crippen LogP contribution in [0.1, 0.15) is 35.1 Å². The van der Waals surface area contributed by atoms with E-state index in [1.807, 2.05) is 27.7 Å². The number of rotatable bonds is 2. The van der Waals surface area contributed by atoms with E-state index in [-0.39, 0.29) is 7.43 Å². The van der Waals surface area contributed by atoms with Crippen LogP contribution in [-0.4, -0.2) is 14.7 Å². The molecule has 0 saturated heterocycles. The quantitative estimate of drug-likeness (QED) is 0.589. The second-order valence-electron chi connectivity index (χ2n) is 2.43. The Hall–Kier alpha value is 0.150. The summed E-state index contributed by atoms with van der Waals surface area (Å²) in [4.78, 5) is 0. The third-order valence-electron chi connectivity index (χ3n) is 0.929. The lowest BCUT2D eigenvalue weighted by Crippen LogP contribution is -2.15. The van der Waals surface area contributed by atoms with Crippen molar-refractivity contribution in [1.29, 1.82) is 0 Å². The molecule has 0 spiro atoms. The summed E-state index contributed by atoms with van der Waals surface area (Å²) in [7, 11) is -0.623. The van der Waals surface area contributed by atoms with Crippen molar-refractivity contribution in [2.24, 2.45) is 0 Å². The van der Waals surface area contributed by atoms with Crippen LogP contribution in [0.3, 0.4) is 0 Å². The van der Waals surface area contributed by atoms with Crippen LogP contribution in [0.25, 0.3) is 0 Å². The van der Waals surface area contributed by atoms with Gasteiger partial charge in [0, 0.05) is 21.3 Å². The van der Waals surface area contributed by atoms with E-state index in [0.29, 0.717) is 10.5 Å². The zero-order chi connectivity index (χ0) is 6.73. The van der Waals surface area contributed by atoms with Crippen molar-refractivity contribution in [1.82, 2.24) is 0 Å². The van der Waals surface area contributed by atoms with Crippen molar-refractivity contribution < 1.29 is 4.21 Å². The van der Waals surface area contributed by atoms with Gasteiger partial charge in [-0.25, -0.2) is 0 Å². The van der Waals surface area contributed by atoms with Crippen molar-refractivity contribution >= 4 is 10.8 Å². The van der Waals surface area contributed by atoms with E-state index < -0.39 is 10.8 Å². The molecule has 0 fully saturated rings. The minimum atomic E-state index is -0.623. The van der Waals surface area contributed by atoms with Gasteiger partial charge in [-0.2, -0.15) is 0 Å². The molecule has 0 amide bonds. The van der Waals surface area contributed by atoms with Gasteiger partial charge in [-0.3, -0.25) is 4.21 Å². The predicted octanol–water partition coefficient (Wildman–Crippen LogP) is 2.19. The molecular weight excluding hydrogens is 132 g/mol. The Kier molecular flexibility index (Phi) is 6.57. The molecule has 0 aromatic heterocycles. The molecule has 0 atom stereocenters. The van der Waals surface area contributed by atoms with E-state index >= 15 is 0 Å². The Morgan fingerprint density at radius 1 is 1.00 bits per heavy atom. The van der Waals surface area contributed by atoms with Gasteiger partial charge >= 0.3 is 0 Å². The van der Waals surface area contributed by atoms with Crippen molar-refractivity contribution in [3.63, 3.8) is 0 Å². The Balaban J connectivity index is 0. The maximum atomic E-state index is 11.0. The van der Waals surface area contributed by atoms with Gasteiger partial charge in [0.1, 0.15) is 0 Å². The van der Waals surface area contributed by atoms with Gasteiger partial charge in [0.15, 0.2) is 0 Å². The highest BCUT2D eigenvalue weighted by Crippen LogP contribution is 2.00. The third-order valence-corrected chi connectivity index (χ3v) is 2.79. The van der Waals surface area contributed by atoms with Crippen LogP contribution in [0, 0.1) is 0 Å². The first-order valence-electron chi connectivity index (χ1n) is 2.95. The summed E-state index contributed by atoms with van der Waals surface area (Å²) in [6.07, 6.45) is 0. The van der Waals surface area contributed by atoms with E-state index in [1.165, 1.54) is 0 Å². The summed E-state index contributed by atoms with van der Waals surface area (Å²) < 4.78 is 11.0. The predicted molar refractivity (Wildman–Crippen MR) is 45.1 cm³/mol. The van der Waals surface area contributed by atoms with Crippen LogP contribution >= 0.6 is 0 Å². The van der Waals surface area contributed by atoms with Gasteiger partial charge in [0.05, 0.1) is 0 Å². The van der Waals surface area contributed by atoms with Crippen LogP contribution < -0.4 is 0 Å². The number of hydrogen-bond acceptors (Lipinski definition) is 1. The van der Waals surface area contributed by atoms with Gasteiger partial charge in [-0.15, -0.1) is 0 Å². The van der Waals surface area contributed by atoms with Gasteiger partial charge < -0.3 is 0 Å². The summed E-state index contributed by atoms with van der Waals surface area (Å²) in [5.74, 6) is 0. The van der Waals surface area contributed by atoms with Gasteiger partial charge in [0.25, 0.3) is 0 Å². The molecule has 0 radical (unpaired) electrons. The van der Waals surface area contributed by atoms with E-state index in [0.717, 1.165) is 0 Å². The molecule has 2 heteroatoms. The third kappa shape index (κ3) is 4.64. The van der Waals surface area contributed by atoms with E-state index in [2.05, 4.69) is 0 Å². The minimum absolute atomic E-state index is 0. The second kappa shape index (κ2) is 4.98. The van der Waals surface area contributed by atoms with Crippen LogP contribution in [-0.2, 0) is 10.8 Å². The molecule has 0 N–H and O–H groups in total. The first-order chi connectivity index (χ1) is 3.55. The minimum Gasteiger partial charge on any atom is -0.259 e. The van der Waals surface area contributed by atoms with Crippen LogP contribution in [0.2, 0.25) is 0 Å². The zero-order valence-corrected chi connectivity index (χ0v) is 6.79. The molecule has 0 heterocycles. The molecule has 58 valence electrons. The summed E-state index contributed by atoms with van der Waals surface area (Å²) in [6, 6.07) is 0. The average molecular weight is 150 g/mol. The summed E-state index contributed by atoms with van der Waals surface area (Å²) in [6.45, 7) is 7.93. The highest BCUT2D eigenvalue weighted by molar-refractivity contribution is 7.86. The smallest absolute Gasteiger partial charge is 0.0294 e. The molecular formula is C7H18OS. The molecule has 1 nitrogen and oxygen atoms in total. The lowest BCUT2D eigenvalue weighted by Gasteiger charge is -2.06.